The minimum atomic E-state index is 0.0294. The molecule has 0 aliphatic carbocycles. The number of nitrogens with two attached hydrogens (primary N) is 1. The Hall–Kier alpha value is -1.95. The van der Waals surface area contributed by atoms with Gasteiger partial charge in [0.2, 0.25) is 0 Å². The number of fused-ring (bicyclic) bond motifs is 1. The zero-order chi connectivity index (χ0) is 15.0. The fraction of sp³-hybridized carbons (Fsp3) is 0.400. The zero-order valence-corrected chi connectivity index (χ0v) is 13.0. The summed E-state index contributed by atoms with van der Waals surface area (Å²) >= 11 is 1.19. The Kier molecular flexibility index (Phi) is 3.63. The molecule has 0 saturated carbocycles. The number of rotatable bonds is 2. The molecule has 1 aromatic heterocycles. The van der Waals surface area contributed by atoms with Gasteiger partial charge < -0.3 is 10.6 Å². The van der Waals surface area contributed by atoms with Gasteiger partial charge in [-0.25, -0.2) is 0 Å². The highest BCUT2D eigenvalue weighted by atomic mass is 32.1. The lowest BCUT2D eigenvalue weighted by Gasteiger charge is -2.29. The molecule has 3 rings (SSSR count). The Morgan fingerprint density at radius 2 is 2.24 bits per heavy atom. The molecule has 21 heavy (non-hydrogen) atoms. The smallest absolute Gasteiger partial charge is 0.267 e. The van der Waals surface area contributed by atoms with E-state index in [2.05, 4.69) is 9.59 Å². The van der Waals surface area contributed by atoms with E-state index in [1.807, 2.05) is 36.9 Å². The van der Waals surface area contributed by atoms with E-state index < -0.39 is 0 Å². The highest BCUT2D eigenvalue weighted by molar-refractivity contribution is 7.08. The quantitative estimate of drug-likeness (QED) is 0.865. The van der Waals surface area contributed by atoms with Gasteiger partial charge in [-0.3, -0.25) is 4.79 Å². The van der Waals surface area contributed by atoms with Gasteiger partial charge in [0.05, 0.1) is 5.69 Å². The first kappa shape index (κ1) is 14.0. The van der Waals surface area contributed by atoms with E-state index in [4.69, 9.17) is 5.73 Å². The van der Waals surface area contributed by atoms with Crippen molar-refractivity contribution in [1.82, 2.24) is 14.5 Å². The summed E-state index contributed by atoms with van der Waals surface area (Å²) in [6.45, 7) is 5.35. The molecule has 1 aliphatic heterocycles. The predicted octanol–water partition coefficient (Wildman–Crippen LogP) is 2.44. The third-order valence-corrected chi connectivity index (χ3v) is 4.57. The van der Waals surface area contributed by atoms with Crippen LogP contribution in [0.5, 0.6) is 0 Å². The van der Waals surface area contributed by atoms with Crippen LogP contribution in [0.4, 0.5) is 5.69 Å². The number of carbonyl (C=O) groups is 1. The van der Waals surface area contributed by atoms with Crippen molar-refractivity contribution >= 4 is 23.1 Å². The molecule has 1 amide bonds. The summed E-state index contributed by atoms with van der Waals surface area (Å²) in [7, 11) is 0. The second-order valence-electron chi connectivity index (χ2n) is 5.60. The van der Waals surface area contributed by atoms with Gasteiger partial charge in [0, 0.05) is 18.8 Å². The third kappa shape index (κ3) is 2.51. The van der Waals surface area contributed by atoms with Gasteiger partial charge in [0.25, 0.3) is 5.91 Å². The van der Waals surface area contributed by atoms with Crippen LogP contribution in [0.15, 0.2) is 18.2 Å². The molecule has 0 spiro atoms. The van der Waals surface area contributed by atoms with Crippen molar-refractivity contribution in [3.8, 4) is 0 Å². The van der Waals surface area contributed by atoms with Crippen LogP contribution in [0.25, 0.3) is 0 Å². The van der Waals surface area contributed by atoms with E-state index >= 15 is 0 Å². The molecular formula is C15H18N4OS. The van der Waals surface area contributed by atoms with Crippen molar-refractivity contribution in [2.75, 3.05) is 12.3 Å². The zero-order valence-electron chi connectivity index (χ0n) is 12.2. The van der Waals surface area contributed by atoms with E-state index in [1.54, 1.807) is 0 Å². The number of benzene rings is 1. The topological polar surface area (TPSA) is 72.1 Å². The molecule has 2 aromatic rings. The first-order valence-electron chi connectivity index (χ1n) is 7.05. The number of amides is 1. The number of hydrogen-bond acceptors (Lipinski definition) is 5. The monoisotopic (exact) mass is 302 g/mol. The van der Waals surface area contributed by atoms with Gasteiger partial charge in [-0.05, 0) is 41.1 Å². The van der Waals surface area contributed by atoms with Crippen LogP contribution in [-0.2, 0) is 13.0 Å². The fourth-order valence-corrected chi connectivity index (χ4v) is 3.47. The van der Waals surface area contributed by atoms with Gasteiger partial charge in [-0.15, -0.1) is 5.10 Å². The summed E-state index contributed by atoms with van der Waals surface area (Å²) in [6, 6.07) is 5.90. The Morgan fingerprint density at radius 1 is 1.43 bits per heavy atom. The molecule has 0 saturated heterocycles. The first-order chi connectivity index (χ1) is 10.1. The second kappa shape index (κ2) is 5.44. The van der Waals surface area contributed by atoms with Gasteiger partial charge in [0.15, 0.2) is 0 Å². The number of hydrogen-bond donors (Lipinski definition) is 1. The molecule has 0 atom stereocenters. The average molecular weight is 302 g/mol. The standard InChI is InChI=1S/C15H18N4OS/c1-9(2)13-14(21-18-17-13)15(20)19-7-6-11-10(8-19)4-3-5-12(11)16/h3-5,9H,6-8,16H2,1-2H3. The highest BCUT2D eigenvalue weighted by Gasteiger charge is 2.27. The molecule has 2 heterocycles. The van der Waals surface area contributed by atoms with Crippen molar-refractivity contribution in [3.63, 3.8) is 0 Å². The van der Waals surface area contributed by atoms with E-state index in [0.29, 0.717) is 18.0 Å². The van der Waals surface area contributed by atoms with Crippen molar-refractivity contribution in [1.29, 1.82) is 0 Å². The lowest BCUT2D eigenvalue weighted by Crippen LogP contribution is -2.36. The van der Waals surface area contributed by atoms with Crippen molar-refractivity contribution in [2.45, 2.75) is 32.7 Å². The number of nitrogen functional groups attached to an aromatic ring is 1. The summed E-state index contributed by atoms with van der Waals surface area (Å²) in [5, 5.41) is 4.09. The maximum atomic E-state index is 12.7. The van der Waals surface area contributed by atoms with Crippen molar-refractivity contribution < 1.29 is 4.79 Å². The van der Waals surface area contributed by atoms with Crippen LogP contribution in [0.2, 0.25) is 0 Å². The lowest BCUT2D eigenvalue weighted by atomic mass is 9.97. The maximum absolute atomic E-state index is 12.7. The molecule has 0 fully saturated rings. The van der Waals surface area contributed by atoms with Crippen LogP contribution < -0.4 is 5.73 Å². The molecule has 0 unspecified atom stereocenters. The average Bonchev–Trinajstić information content (AvgIpc) is 2.96. The van der Waals surface area contributed by atoms with Crippen molar-refractivity contribution in [2.24, 2.45) is 0 Å². The number of anilines is 1. The van der Waals surface area contributed by atoms with Crippen molar-refractivity contribution in [3.05, 3.63) is 39.9 Å². The number of carbonyl (C=O) groups excluding carboxylic acids is 1. The Balaban J connectivity index is 1.86. The SMILES string of the molecule is CC(C)c1nnsc1C(=O)N1CCc2c(N)cccc2C1. The summed E-state index contributed by atoms with van der Waals surface area (Å²) in [6.07, 6.45) is 0.803. The minimum absolute atomic E-state index is 0.0294. The molecule has 5 nitrogen and oxygen atoms in total. The molecule has 6 heteroatoms. The van der Waals surface area contributed by atoms with E-state index in [9.17, 15) is 4.79 Å². The van der Waals surface area contributed by atoms with Crippen LogP contribution in [0, 0.1) is 0 Å². The molecule has 110 valence electrons. The summed E-state index contributed by atoms with van der Waals surface area (Å²) in [5.41, 5.74) is 9.93. The molecule has 1 aromatic carbocycles. The van der Waals surface area contributed by atoms with Gasteiger partial charge in [-0.2, -0.15) is 0 Å². The van der Waals surface area contributed by atoms with E-state index in [0.717, 1.165) is 23.4 Å². The normalized spacial score (nSPS) is 14.3. The molecule has 1 aliphatic rings. The summed E-state index contributed by atoms with van der Waals surface area (Å²) in [4.78, 5) is 15.2. The van der Waals surface area contributed by atoms with Crippen LogP contribution >= 0.6 is 11.5 Å². The summed E-state index contributed by atoms with van der Waals surface area (Å²) < 4.78 is 3.94. The third-order valence-electron chi connectivity index (χ3n) is 3.84. The van der Waals surface area contributed by atoms with Gasteiger partial charge in [-0.1, -0.05) is 30.5 Å². The number of nitrogens with zero attached hydrogens (tertiary/aromatic N) is 3. The first-order valence-corrected chi connectivity index (χ1v) is 7.83. The highest BCUT2D eigenvalue weighted by Crippen LogP contribution is 2.27. The fourth-order valence-electron chi connectivity index (χ4n) is 2.68. The maximum Gasteiger partial charge on any atom is 0.267 e. The molecule has 2 N–H and O–H groups in total. The van der Waals surface area contributed by atoms with Crippen LogP contribution in [-0.4, -0.2) is 26.9 Å². The largest absolute Gasteiger partial charge is 0.398 e. The van der Waals surface area contributed by atoms with Gasteiger partial charge in [0.1, 0.15) is 4.88 Å². The van der Waals surface area contributed by atoms with E-state index in [1.165, 1.54) is 17.1 Å². The predicted molar refractivity (Wildman–Crippen MR) is 83.3 cm³/mol. The van der Waals surface area contributed by atoms with Crippen LogP contribution in [0.3, 0.4) is 0 Å². The Bertz CT molecular complexity index is 680. The molecule has 0 bridgehead atoms. The molecular weight excluding hydrogens is 284 g/mol. The molecule has 0 radical (unpaired) electrons. The minimum Gasteiger partial charge on any atom is -0.398 e. The Labute approximate surface area is 127 Å². The van der Waals surface area contributed by atoms with E-state index in [-0.39, 0.29) is 11.8 Å². The second-order valence-corrected chi connectivity index (χ2v) is 6.36. The lowest BCUT2D eigenvalue weighted by molar-refractivity contribution is 0.0738. The number of aromatic nitrogens is 2. The van der Waals surface area contributed by atoms with Gasteiger partial charge >= 0.3 is 0 Å². The Morgan fingerprint density at radius 3 is 3.00 bits per heavy atom. The summed E-state index contributed by atoms with van der Waals surface area (Å²) in [5.74, 6) is 0.234. The van der Waals surface area contributed by atoms with Crippen LogP contribution in [0.1, 0.15) is 46.3 Å².